The first-order valence-corrected chi connectivity index (χ1v) is 9.73. The quantitative estimate of drug-likeness (QED) is 0.627. The van der Waals surface area contributed by atoms with E-state index in [9.17, 15) is 4.79 Å². The van der Waals surface area contributed by atoms with Crippen LogP contribution in [0.2, 0.25) is 0 Å². The lowest BCUT2D eigenvalue weighted by molar-refractivity contribution is 0.0990. The maximum Gasteiger partial charge on any atom is 0.270 e. The van der Waals surface area contributed by atoms with Crippen molar-refractivity contribution in [1.82, 2.24) is 9.88 Å². The highest BCUT2D eigenvalue weighted by atomic mass is 32.1. The molecule has 7 heteroatoms. The number of benzene rings is 1. The van der Waals surface area contributed by atoms with E-state index in [2.05, 4.69) is 4.90 Å². The summed E-state index contributed by atoms with van der Waals surface area (Å²) in [6.45, 7) is 1.56. The molecule has 0 spiro atoms. The van der Waals surface area contributed by atoms with Gasteiger partial charge in [-0.05, 0) is 50.6 Å². The molecule has 0 radical (unpaired) electrons. The van der Waals surface area contributed by atoms with Gasteiger partial charge in [0.25, 0.3) is 5.91 Å². The molecule has 0 aliphatic carbocycles. The normalized spacial score (nSPS) is 11.2. The number of methoxy groups -OCH3 is 1. The van der Waals surface area contributed by atoms with Gasteiger partial charge < -0.3 is 9.64 Å². The summed E-state index contributed by atoms with van der Waals surface area (Å²) >= 11 is 2.98. The van der Waals surface area contributed by atoms with Crippen molar-refractivity contribution in [3.8, 4) is 5.75 Å². The molecule has 0 saturated carbocycles. The highest BCUT2D eigenvalue weighted by molar-refractivity contribution is 7.22. The Bertz CT molecular complexity index is 843. The molecule has 2 heterocycles. The first kappa shape index (κ1) is 17.8. The number of amides is 1. The van der Waals surface area contributed by atoms with Gasteiger partial charge in [0.05, 0.1) is 16.7 Å². The number of aromatic nitrogens is 1. The van der Waals surface area contributed by atoms with Crippen LogP contribution in [0.4, 0.5) is 5.13 Å². The van der Waals surface area contributed by atoms with Crippen molar-refractivity contribution in [3.05, 3.63) is 40.6 Å². The first-order chi connectivity index (χ1) is 12.1. The van der Waals surface area contributed by atoms with Crippen molar-refractivity contribution in [2.24, 2.45) is 0 Å². The number of fused-ring (bicyclic) bond motifs is 1. The molecule has 0 N–H and O–H groups in total. The fourth-order valence-electron chi connectivity index (χ4n) is 2.55. The molecule has 1 aromatic carbocycles. The number of rotatable bonds is 7. The Labute approximate surface area is 155 Å². The smallest absolute Gasteiger partial charge is 0.270 e. The molecule has 3 rings (SSSR count). The van der Waals surface area contributed by atoms with Crippen LogP contribution < -0.4 is 9.64 Å². The lowest BCUT2D eigenvalue weighted by atomic mass is 10.3. The third kappa shape index (κ3) is 4.00. The van der Waals surface area contributed by atoms with Gasteiger partial charge in [0.1, 0.15) is 11.3 Å². The van der Waals surface area contributed by atoms with Gasteiger partial charge in [-0.3, -0.25) is 9.69 Å². The maximum absolute atomic E-state index is 13.0. The highest BCUT2D eigenvalue weighted by Gasteiger charge is 2.22. The maximum atomic E-state index is 13.0. The number of thiazole rings is 1. The Morgan fingerprint density at radius 3 is 2.72 bits per heavy atom. The monoisotopic (exact) mass is 375 g/mol. The molecule has 2 aromatic heterocycles. The standard InChI is InChI=1S/C18H21N3O2S2/c1-20(2)10-6-11-21(17(22)15-9-5-12-24-15)18-19-16-13(23-3)7-4-8-14(16)25-18/h4-5,7-9,12H,6,10-11H2,1-3H3. The second-order valence-electron chi connectivity index (χ2n) is 5.89. The molecule has 0 fully saturated rings. The zero-order valence-electron chi connectivity index (χ0n) is 14.6. The van der Waals surface area contributed by atoms with E-state index in [-0.39, 0.29) is 5.91 Å². The highest BCUT2D eigenvalue weighted by Crippen LogP contribution is 2.34. The van der Waals surface area contributed by atoms with E-state index in [0.717, 1.165) is 38.9 Å². The molecule has 0 bridgehead atoms. The number of hydrogen-bond donors (Lipinski definition) is 0. The van der Waals surface area contributed by atoms with Gasteiger partial charge in [0.15, 0.2) is 5.13 Å². The van der Waals surface area contributed by atoms with E-state index in [1.807, 2.05) is 49.8 Å². The van der Waals surface area contributed by atoms with Gasteiger partial charge in [0, 0.05) is 6.54 Å². The summed E-state index contributed by atoms with van der Waals surface area (Å²) in [6, 6.07) is 9.60. The van der Waals surface area contributed by atoms with Crippen LogP contribution in [0.15, 0.2) is 35.7 Å². The summed E-state index contributed by atoms with van der Waals surface area (Å²) in [6.07, 6.45) is 0.886. The first-order valence-electron chi connectivity index (χ1n) is 8.04. The van der Waals surface area contributed by atoms with Gasteiger partial charge in [-0.15, -0.1) is 11.3 Å². The van der Waals surface area contributed by atoms with Crippen LogP contribution in [0.25, 0.3) is 10.2 Å². The van der Waals surface area contributed by atoms with Crippen LogP contribution in [0.3, 0.4) is 0 Å². The Morgan fingerprint density at radius 1 is 1.20 bits per heavy atom. The second-order valence-corrected chi connectivity index (χ2v) is 7.85. The molecule has 0 saturated heterocycles. The lowest BCUT2D eigenvalue weighted by Crippen LogP contribution is -2.32. The summed E-state index contributed by atoms with van der Waals surface area (Å²) < 4.78 is 6.42. The number of carbonyl (C=O) groups excluding carboxylic acids is 1. The summed E-state index contributed by atoms with van der Waals surface area (Å²) in [5.41, 5.74) is 0.807. The molecule has 0 aliphatic heterocycles. The van der Waals surface area contributed by atoms with E-state index < -0.39 is 0 Å². The largest absolute Gasteiger partial charge is 0.494 e. The van der Waals surface area contributed by atoms with E-state index in [0.29, 0.717) is 6.54 Å². The van der Waals surface area contributed by atoms with Gasteiger partial charge >= 0.3 is 0 Å². The van der Waals surface area contributed by atoms with Crippen LogP contribution in [-0.4, -0.2) is 50.1 Å². The molecule has 25 heavy (non-hydrogen) atoms. The van der Waals surface area contributed by atoms with E-state index in [4.69, 9.17) is 9.72 Å². The number of thiophene rings is 1. The molecule has 1 amide bonds. The third-order valence-corrected chi connectivity index (χ3v) is 5.69. The Kier molecular flexibility index (Phi) is 5.67. The van der Waals surface area contributed by atoms with Crippen LogP contribution in [0, 0.1) is 0 Å². The fourth-order valence-corrected chi connectivity index (χ4v) is 4.23. The summed E-state index contributed by atoms with van der Waals surface area (Å²) in [5, 5.41) is 2.64. The molecular formula is C18H21N3O2S2. The number of anilines is 1. The predicted molar refractivity (Wildman–Crippen MR) is 105 cm³/mol. The van der Waals surface area contributed by atoms with Crippen molar-refractivity contribution < 1.29 is 9.53 Å². The van der Waals surface area contributed by atoms with Gasteiger partial charge in [-0.25, -0.2) is 4.98 Å². The van der Waals surface area contributed by atoms with Crippen LogP contribution >= 0.6 is 22.7 Å². The Hall–Kier alpha value is -1.96. The number of carbonyl (C=O) groups is 1. The second kappa shape index (κ2) is 7.95. The van der Waals surface area contributed by atoms with Crippen molar-refractivity contribution in [3.63, 3.8) is 0 Å². The number of hydrogen-bond acceptors (Lipinski definition) is 6. The van der Waals surface area contributed by atoms with Crippen molar-refractivity contribution in [1.29, 1.82) is 0 Å². The minimum absolute atomic E-state index is 0.00628. The third-order valence-electron chi connectivity index (χ3n) is 3.79. The van der Waals surface area contributed by atoms with Crippen molar-refractivity contribution >= 4 is 43.9 Å². The average molecular weight is 376 g/mol. The minimum Gasteiger partial charge on any atom is -0.494 e. The van der Waals surface area contributed by atoms with E-state index in [1.165, 1.54) is 22.7 Å². The predicted octanol–water partition coefficient (Wildman–Crippen LogP) is 3.96. The summed E-state index contributed by atoms with van der Waals surface area (Å²) in [4.78, 5) is 22.3. The molecule has 3 aromatic rings. The lowest BCUT2D eigenvalue weighted by Gasteiger charge is -2.20. The molecule has 0 aliphatic rings. The topological polar surface area (TPSA) is 45.7 Å². The van der Waals surface area contributed by atoms with Crippen LogP contribution in [0.1, 0.15) is 16.1 Å². The van der Waals surface area contributed by atoms with Crippen LogP contribution in [0.5, 0.6) is 5.75 Å². The average Bonchev–Trinajstić information content (AvgIpc) is 3.26. The van der Waals surface area contributed by atoms with E-state index >= 15 is 0 Å². The SMILES string of the molecule is COc1cccc2sc(N(CCCN(C)C)C(=O)c3cccs3)nc12. The molecular weight excluding hydrogens is 354 g/mol. The van der Waals surface area contributed by atoms with E-state index in [1.54, 1.807) is 12.0 Å². The molecule has 132 valence electrons. The van der Waals surface area contributed by atoms with Gasteiger partial charge in [0.2, 0.25) is 0 Å². The van der Waals surface area contributed by atoms with Gasteiger partial charge in [-0.2, -0.15) is 0 Å². The van der Waals surface area contributed by atoms with Gasteiger partial charge in [-0.1, -0.05) is 23.5 Å². The number of ether oxygens (including phenoxy) is 1. The number of para-hydroxylation sites is 1. The van der Waals surface area contributed by atoms with Crippen molar-refractivity contribution in [2.75, 3.05) is 39.2 Å². The Morgan fingerprint density at radius 2 is 2.04 bits per heavy atom. The number of nitrogens with zero attached hydrogens (tertiary/aromatic N) is 3. The minimum atomic E-state index is 0.00628. The fraction of sp³-hybridized carbons (Fsp3) is 0.333. The molecule has 5 nitrogen and oxygen atoms in total. The zero-order chi connectivity index (χ0) is 17.8. The molecule has 0 atom stereocenters. The molecule has 0 unspecified atom stereocenters. The summed E-state index contributed by atoms with van der Waals surface area (Å²) in [7, 11) is 5.71. The Balaban J connectivity index is 1.94. The van der Waals surface area contributed by atoms with Crippen molar-refractivity contribution in [2.45, 2.75) is 6.42 Å². The van der Waals surface area contributed by atoms with Crippen LogP contribution in [-0.2, 0) is 0 Å². The zero-order valence-corrected chi connectivity index (χ0v) is 16.2. The summed E-state index contributed by atoms with van der Waals surface area (Å²) in [5.74, 6) is 0.739.